The Hall–Kier alpha value is -0.730. The third-order valence-electron chi connectivity index (χ3n) is 3.26. The molecule has 0 unspecified atom stereocenters. The summed E-state index contributed by atoms with van der Waals surface area (Å²) >= 11 is 0. The molecule has 0 bridgehead atoms. The van der Waals surface area contributed by atoms with Gasteiger partial charge in [0.1, 0.15) is 0 Å². The summed E-state index contributed by atoms with van der Waals surface area (Å²) in [6, 6.07) is 0.148. The van der Waals surface area contributed by atoms with Gasteiger partial charge in [-0.05, 0) is 31.6 Å². The highest BCUT2D eigenvalue weighted by Gasteiger charge is 2.26. The fourth-order valence-electron chi connectivity index (χ4n) is 2.02. The number of unbranched alkanes of at least 4 members (excludes halogenated alkanes) is 3. The Balaban J connectivity index is 2.12. The molecule has 0 saturated heterocycles. The summed E-state index contributed by atoms with van der Waals surface area (Å²) in [6.45, 7) is 7.04. The van der Waals surface area contributed by atoms with Crippen LogP contribution in [0, 0.1) is 5.92 Å². The normalized spacial score (nSPS) is 14.7. The molecule has 1 N–H and O–H groups in total. The van der Waals surface area contributed by atoms with Gasteiger partial charge in [-0.15, -0.1) is 0 Å². The maximum atomic E-state index is 11.9. The molecule has 0 aliphatic heterocycles. The highest BCUT2D eigenvalue weighted by Crippen LogP contribution is 2.29. The van der Waals surface area contributed by atoms with Gasteiger partial charge in [0.25, 0.3) is 0 Å². The Morgan fingerprint density at radius 3 is 2.53 bits per heavy atom. The summed E-state index contributed by atoms with van der Waals surface area (Å²) in [5.74, 6) is 0.785. The summed E-state index contributed by atoms with van der Waals surface area (Å²) in [5, 5.41) is 3.05. The first kappa shape index (κ1) is 14.3. The predicted molar refractivity (Wildman–Crippen MR) is 72.1 cm³/mol. The van der Waals surface area contributed by atoms with Crippen molar-refractivity contribution in [2.24, 2.45) is 5.92 Å². The first-order valence-electron chi connectivity index (χ1n) is 7.30. The van der Waals surface area contributed by atoms with Crippen molar-refractivity contribution in [2.75, 3.05) is 19.6 Å². The van der Waals surface area contributed by atoms with Gasteiger partial charge in [0, 0.05) is 19.6 Å². The summed E-state index contributed by atoms with van der Waals surface area (Å²) in [4.78, 5) is 13.9. The molecule has 0 heterocycles. The quantitative estimate of drug-likeness (QED) is 0.616. The van der Waals surface area contributed by atoms with E-state index in [9.17, 15) is 4.79 Å². The van der Waals surface area contributed by atoms with Crippen molar-refractivity contribution < 1.29 is 4.79 Å². The lowest BCUT2D eigenvalue weighted by Gasteiger charge is -2.22. The van der Waals surface area contributed by atoms with E-state index in [0.717, 1.165) is 38.4 Å². The molecule has 3 nitrogen and oxygen atoms in total. The molecular formula is C14H28N2O. The SMILES string of the molecule is CCCCCCNC(=O)N(CCC)CC1CC1. The molecule has 0 aromatic rings. The molecule has 0 aromatic heterocycles. The molecule has 17 heavy (non-hydrogen) atoms. The lowest BCUT2D eigenvalue weighted by atomic mass is 10.2. The lowest BCUT2D eigenvalue weighted by Crippen LogP contribution is -2.41. The van der Waals surface area contributed by atoms with Crippen molar-refractivity contribution in [3.63, 3.8) is 0 Å². The average Bonchev–Trinajstić information content (AvgIpc) is 3.12. The number of carbonyl (C=O) groups excluding carboxylic acids is 1. The second-order valence-corrected chi connectivity index (χ2v) is 5.18. The molecule has 0 spiro atoms. The Labute approximate surface area is 106 Å². The molecule has 0 atom stereocenters. The van der Waals surface area contributed by atoms with Crippen molar-refractivity contribution in [3.05, 3.63) is 0 Å². The maximum absolute atomic E-state index is 11.9. The van der Waals surface area contributed by atoms with Crippen molar-refractivity contribution in [2.45, 2.75) is 58.8 Å². The fraction of sp³-hybridized carbons (Fsp3) is 0.929. The van der Waals surface area contributed by atoms with Gasteiger partial charge in [-0.25, -0.2) is 4.79 Å². The van der Waals surface area contributed by atoms with E-state index < -0.39 is 0 Å². The number of amides is 2. The van der Waals surface area contributed by atoms with Crippen LogP contribution in [0.4, 0.5) is 4.79 Å². The van der Waals surface area contributed by atoms with Crippen molar-refractivity contribution in [3.8, 4) is 0 Å². The monoisotopic (exact) mass is 240 g/mol. The largest absolute Gasteiger partial charge is 0.338 e. The van der Waals surface area contributed by atoms with Gasteiger partial charge in [-0.3, -0.25) is 0 Å². The maximum Gasteiger partial charge on any atom is 0.317 e. The number of nitrogens with one attached hydrogen (secondary N) is 1. The number of hydrogen-bond donors (Lipinski definition) is 1. The van der Waals surface area contributed by atoms with Gasteiger partial charge in [-0.1, -0.05) is 33.1 Å². The minimum Gasteiger partial charge on any atom is -0.338 e. The zero-order valence-electron chi connectivity index (χ0n) is 11.5. The molecule has 0 radical (unpaired) electrons. The second-order valence-electron chi connectivity index (χ2n) is 5.18. The van der Waals surface area contributed by atoms with E-state index in [1.54, 1.807) is 0 Å². The van der Waals surface area contributed by atoms with E-state index in [2.05, 4.69) is 19.2 Å². The Kier molecular flexibility index (Phi) is 7.06. The van der Waals surface area contributed by atoms with Crippen LogP contribution in [0.5, 0.6) is 0 Å². The zero-order chi connectivity index (χ0) is 12.5. The lowest BCUT2D eigenvalue weighted by molar-refractivity contribution is 0.195. The Morgan fingerprint density at radius 1 is 1.18 bits per heavy atom. The van der Waals surface area contributed by atoms with Crippen LogP contribution in [-0.2, 0) is 0 Å². The number of hydrogen-bond acceptors (Lipinski definition) is 1. The Bertz CT molecular complexity index is 214. The molecule has 0 aromatic carbocycles. The topological polar surface area (TPSA) is 32.3 Å². The molecule has 1 fully saturated rings. The van der Waals surface area contributed by atoms with E-state index >= 15 is 0 Å². The molecule has 1 aliphatic rings. The molecule has 1 saturated carbocycles. The summed E-state index contributed by atoms with van der Waals surface area (Å²) in [5.41, 5.74) is 0. The minimum absolute atomic E-state index is 0.148. The van der Waals surface area contributed by atoms with Gasteiger partial charge < -0.3 is 10.2 Å². The first-order valence-corrected chi connectivity index (χ1v) is 7.30. The van der Waals surface area contributed by atoms with Gasteiger partial charge >= 0.3 is 6.03 Å². The van der Waals surface area contributed by atoms with E-state index in [1.807, 2.05) is 4.90 Å². The molecule has 1 aliphatic carbocycles. The molecule has 3 heteroatoms. The van der Waals surface area contributed by atoms with Crippen molar-refractivity contribution in [1.29, 1.82) is 0 Å². The fourth-order valence-corrected chi connectivity index (χ4v) is 2.02. The Morgan fingerprint density at radius 2 is 1.94 bits per heavy atom. The highest BCUT2D eigenvalue weighted by atomic mass is 16.2. The van der Waals surface area contributed by atoms with E-state index in [-0.39, 0.29) is 6.03 Å². The van der Waals surface area contributed by atoms with E-state index in [0.29, 0.717) is 0 Å². The van der Waals surface area contributed by atoms with Crippen molar-refractivity contribution in [1.82, 2.24) is 10.2 Å². The van der Waals surface area contributed by atoms with Crippen LogP contribution in [-0.4, -0.2) is 30.6 Å². The zero-order valence-corrected chi connectivity index (χ0v) is 11.5. The number of carbonyl (C=O) groups is 1. The van der Waals surface area contributed by atoms with Crippen LogP contribution in [0.25, 0.3) is 0 Å². The number of nitrogens with zero attached hydrogens (tertiary/aromatic N) is 1. The molecule has 2 amide bonds. The summed E-state index contributed by atoms with van der Waals surface area (Å²) < 4.78 is 0. The van der Waals surface area contributed by atoms with Crippen LogP contribution in [0.2, 0.25) is 0 Å². The third-order valence-corrected chi connectivity index (χ3v) is 3.26. The minimum atomic E-state index is 0.148. The number of rotatable bonds is 9. The highest BCUT2D eigenvalue weighted by molar-refractivity contribution is 5.74. The molecular weight excluding hydrogens is 212 g/mol. The van der Waals surface area contributed by atoms with Crippen LogP contribution >= 0.6 is 0 Å². The van der Waals surface area contributed by atoms with Crippen LogP contribution < -0.4 is 5.32 Å². The second kappa shape index (κ2) is 8.37. The molecule has 100 valence electrons. The van der Waals surface area contributed by atoms with Crippen LogP contribution in [0.1, 0.15) is 58.8 Å². The standard InChI is InChI=1S/C14H28N2O/c1-3-5-6-7-10-15-14(17)16(11-4-2)12-13-8-9-13/h13H,3-12H2,1-2H3,(H,15,17). The van der Waals surface area contributed by atoms with E-state index in [4.69, 9.17) is 0 Å². The summed E-state index contributed by atoms with van der Waals surface area (Å²) in [7, 11) is 0. The van der Waals surface area contributed by atoms with Gasteiger partial charge in [0.15, 0.2) is 0 Å². The first-order chi connectivity index (χ1) is 8.27. The number of urea groups is 1. The molecule has 1 rings (SSSR count). The average molecular weight is 240 g/mol. The smallest absolute Gasteiger partial charge is 0.317 e. The van der Waals surface area contributed by atoms with Gasteiger partial charge in [0.2, 0.25) is 0 Å². The van der Waals surface area contributed by atoms with E-state index in [1.165, 1.54) is 32.1 Å². The third kappa shape index (κ3) is 6.54. The van der Waals surface area contributed by atoms with Gasteiger partial charge in [-0.2, -0.15) is 0 Å². The van der Waals surface area contributed by atoms with Crippen molar-refractivity contribution >= 4 is 6.03 Å². The van der Waals surface area contributed by atoms with Gasteiger partial charge in [0.05, 0.1) is 0 Å². The van der Waals surface area contributed by atoms with Crippen LogP contribution in [0.15, 0.2) is 0 Å². The summed E-state index contributed by atoms with van der Waals surface area (Å²) in [6.07, 6.45) is 8.54. The predicted octanol–water partition coefficient (Wildman–Crippen LogP) is 3.40. The van der Waals surface area contributed by atoms with Crippen LogP contribution in [0.3, 0.4) is 0 Å².